The van der Waals surface area contributed by atoms with Crippen LogP contribution in [0.1, 0.15) is 52.9 Å². The molecule has 1 fully saturated rings. The van der Waals surface area contributed by atoms with Crippen LogP contribution < -0.4 is 21.9 Å². The molecule has 3 amide bonds. The molecule has 2 heterocycles. The lowest BCUT2D eigenvalue weighted by Gasteiger charge is -2.25. The van der Waals surface area contributed by atoms with Crippen molar-refractivity contribution in [2.45, 2.75) is 59.4 Å². The van der Waals surface area contributed by atoms with E-state index in [0.717, 1.165) is 6.42 Å². The third kappa shape index (κ3) is 4.94. The molecule has 2 aliphatic rings. The van der Waals surface area contributed by atoms with E-state index < -0.39 is 17.2 Å². The van der Waals surface area contributed by atoms with Crippen LogP contribution in [0.2, 0.25) is 0 Å². The number of aromatic nitrogens is 2. The van der Waals surface area contributed by atoms with Gasteiger partial charge in [-0.25, -0.2) is 4.79 Å². The number of unbranched alkanes of at least 4 members (excludes halogenated alkanes) is 1. The van der Waals surface area contributed by atoms with E-state index in [9.17, 15) is 24.0 Å². The minimum atomic E-state index is -0.729. The molecule has 10 nitrogen and oxygen atoms in total. The number of nitrogens with zero attached hydrogens (tertiary/aromatic N) is 3. The largest absolute Gasteiger partial charge is 0.383 e. The van der Waals surface area contributed by atoms with E-state index in [1.54, 1.807) is 0 Å². The number of H-pyrrole nitrogens is 1. The molecular formula is C23H33N5O5. The molecule has 1 aliphatic carbocycles. The normalized spacial score (nSPS) is 19.9. The maximum absolute atomic E-state index is 13.2. The highest BCUT2D eigenvalue weighted by molar-refractivity contribution is 6.06. The van der Waals surface area contributed by atoms with Gasteiger partial charge in [0, 0.05) is 26.1 Å². The van der Waals surface area contributed by atoms with Crippen LogP contribution in [0, 0.1) is 17.8 Å². The third-order valence-electron chi connectivity index (χ3n) is 6.22. The first-order valence-corrected chi connectivity index (χ1v) is 11.6. The molecule has 2 atom stereocenters. The Morgan fingerprint density at radius 1 is 1.15 bits per heavy atom. The second kappa shape index (κ2) is 10.2. The number of anilines is 2. The molecule has 0 saturated carbocycles. The van der Waals surface area contributed by atoms with E-state index in [1.807, 2.05) is 32.9 Å². The summed E-state index contributed by atoms with van der Waals surface area (Å²) in [6, 6.07) is 0. The van der Waals surface area contributed by atoms with Crippen molar-refractivity contribution in [2.75, 3.05) is 23.7 Å². The average Bonchev–Trinajstić information content (AvgIpc) is 3.01. The van der Waals surface area contributed by atoms with E-state index in [4.69, 9.17) is 5.73 Å². The molecule has 33 heavy (non-hydrogen) atoms. The fraction of sp³-hybridized carbons (Fsp3) is 0.609. The third-order valence-corrected chi connectivity index (χ3v) is 6.22. The summed E-state index contributed by atoms with van der Waals surface area (Å²) in [6.45, 7) is 6.25. The van der Waals surface area contributed by atoms with Crippen molar-refractivity contribution in [3.05, 3.63) is 33.0 Å². The first-order valence-electron chi connectivity index (χ1n) is 11.6. The maximum Gasteiger partial charge on any atom is 0.330 e. The summed E-state index contributed by atoms with van der Waals surface area (Å²) in [5, 5.41) is 0. The molecule has 180 valence electrons. The lowest BCUT2D eigenvalue weighted by atomic mass is 9.85. The summed E-state index contributed by atoms with van der Waals surface area (Å²) < 4.78 is 1.26. The lowest BCUT2D eigenvalue weighted by molar-refractivity contribution is -0.140. The molecule has 0 bridgehead atoms. The number of fused-ring (bicyclic) bond motifs is 1. The number of imide groups is 1. The van der Waals surface area contributed by atoms with Crippen LogP contribution in [0.25, 0.3) is 0 Å². The fourth-order valence-electron chi connectivity index (χ4n) is 4.49. The number of nitrogens with one attached hydrogen (secondary N) is 1. The van der Waals surface area contributed by atoms with Crippen molar-refractivity contribution in [2.24, 2.45) is 17.8 Å². The number of rotatable bonds is 9. The standard InChI is InChI=1S/C23H33N5O5/c1-4-5-11-26(18-19(24)28(13-14(2)3)23(33)25-20(18)30)17(29)10-12-27-21(31)15-8-6-7-9-16(15)22(27)32/h6-7,14-16H,4-5,8-13,24H2,1-3H3,(H,25,30,33)/t15-,16+. The summed E-state index contributed by atoms with van der Waals surface area (Å²) in [7, 11) is 0. The Morgan fingerprint density at radius 3 is 2.30 bits per heavy atom. The van der Waals surface area contributed by atoms with Crippen LogP contribution >= 0.6 is 0 Å². The molecule has 3 rings (SSSR count). The Morgan fingerprint density at radius 2 is 1.76 bits per heavy atom. The van der Waals surface area contributed by atoms with Gasteiger partial charge in [0.1, 0.15) is 5.82 Å². The van der Waals surface area contributed by atoms with Crippen molar-refractivity contribution >= 4 is 29.2 Å². The maximum atomic E-state index is 13.2. The average molecular weight is 460 g/mol. The first-order chi connectivity index (χ1) is 15.7. The number of aromatic amines is 1. The second-order valence-electron chi connectivity index (χ2n) is 9.13. The van der Waals surface area contributed by atoms with E-state index in [1.165, 1.54) is 14.4 Å². The van der Waals surface area contributed by atoms with Gasteiger partial charge in [0.2, 0.25) is 17.7 Å². The van der Waals surface area contributed by atoms with Crippen LogP contribution in [0.5, 0.6) is 0 Å². The van der Waals surface area contributed by atoms with Gasteiger partial charge >= 0.3 is 5.69 Å². The van der Waals surface area contributed by atoms with Crippen molar-refractivity contribution in [3.8, 4) is 0 Å². The van der Waals surface area contributed by atoms with Gasteiger partial charge in [0.25, 0.3) is 5.56 Å². The zero-order valence-electron chi connectivity index (χ0n) is 19.5. The van der Waals surface area contributed by atoms with Gasteiger partial charge in [0.05, 0.1) is 11.8 Å². The Labute approximate surface area is 192 Å². The van der Waals surface area contributed by atoms with Crippen LogP contribution in [0.15, 0.2) is 21.7 Å². The molecule has 1 aliphatic heterocycles. The second-order valence-corrected chi connectivity index (χ2v) is 9.13. The number of nitrogen functional groups attached to an aromatic ring is 1. The van der Waals surface area contributed by atoms with Gasteiger partial charge in [-0.15, -0.1) is 0 Å². The van der Waals surface area contributed by atoms with Crippen molar-refractivity contribution in [1.29, 1.82) is 0 Å². The molecule has 10 heteroatoms. The van der Waals surface area contributed by atoms with Gasteiger partial charge in [-0.1, -0.05) is 39.3 Å². The molecule has 0 spiro atoms. The van der Waals surface area contributed by atoms with Crippen molar-refractivity contribution in [1.82, 2.24) is 14.5 Å². The highest BCUT2D eigenvalue weighted by Crippen LogP contribution is 2.35. The molecule has 1 aromatic heterocycles. The van der Waals surface area contributed by atoms with Gasteiger partial charge < -0.3 is 10.6 Å². The van der Waals surface area contributed by atoms with Crippen molar-refractivity contribution in [3.63, 3.8) is 0 Å². The number of carbonyl (C=O) groups is 3. The summed E-state index contributed by atoms with van der Waals surface area (Å²) in [5.74, 6) is -1.60. The van der Waals surface area contributed by atoms with Gasteiger partial charge in [0.15, 0.2) is 5.69 Å². The monoisotopic (exact) mass is 459 g/mol. The number of carbonyl (C=O) groups excluding carboxylic acids is 3. The molecule has 0 unspecified atom stereocenters. The number of amides is 3. The zero-order chi connectivity index (χ0) is 24.3. The Kier molecular flexibility index (Phi) is 7.55. The topological polar surface area (TPSA) is 139 Å². The fourth-order valence-corrected chi connectivity index (χ4v) is 4.49. The number of likely N-dealkylation sites (tertiary alicyclic amines) is 1. The Bertz CT molecular complexity index is 1040. The predicted octanol–water partition coefficient (Wildman–Crippen LogP) is 1.25. The minimum Gasteiger partial charge on any atom is -0.383 e. The van der Waals surface area contributed by atoms with Crippen LogP contribution in [0.4, 0.5) is 11.5 Å². The van der Waals surface area contributed by atoms with E-state index >= 15 is 0 Å². The van der Waals surface area contributed by atoms with Crippen LogP contribution in [-0.4, -0.2) is 45.3 Å². The lowest BCUT2D eigenvalue weighted by Crippen LogP contribution is -2.43. The van der Waals surface area contributed by atoms with Crippen molar-refractivity contribution < 1.29 is 14.4 Å². The highest BCUT2D eigenvalue weighted by atomic mass is 16.2. The SMILES string of the molecule is CCCCN(C(=O)CCN1C(=O)[C@H]2CC=CC[C@H]2C1=O)c1c(N)n(CC(C)C)c(=O)[nH]c1=O. The Hall–Kier alpha value is -3.17. The van der Waals surface area contributed by atoms with E-state index in [0.29, 0.717) is 19.3 Å². The molecule has 0 aromatic carbocycles. The molecular weight excluding hydrogens is 426 g/mol. The molecule has 1 saturated heterocycles. The smallest absolute Gasteiger partial charge is 0.330 e. The summed E-state index contributed by atoms with van der Waals surface area (Å²) in [5.41, 5.74) is 4.79. The number of hydrogen-bond acceptors (Lipinski definition) is 6. The Balaban J connectivity index is 1.84. The summed E-state index contributed by atoms with van der Waals surface area (Å²) in [6.07, 6.45) is 6.15. The first kappa shape index (κ1) is 24.5. The van der Waals surface area contributed by atoms with E-state index in [-0.39, 0.29) is 67.1 Å². The highest BCUT2D eigenvalue weighted by Gasteiger charge is 2.47. The van der Waals surface area contributed by atoms with Gasteiger partial charge in [-0.3, -0.25) is 33.6 Å². The number of nitrogens with two attached hydrogens (primary N) is 1. The quantitative estimate of drug-likeness (QED) is 0.421. The predicted molar refractivity (Wildman–Crippen MR) is 125 cm³/mol. The van der Waals surface area contributed by atoms with Gasteiger partial charge in [-0.2, -0.15) is 0 Å². The van der Waals surface area contributed by atoms with E-state index in [2.05, 4.69) is 4.98 Å². The zero-order valence-corrected chi connectivity index (χ0v) is 19.5. The molecule has 3 N–H and O–H groups in total. The molecule has 0 radical (unpaired) electrons. The molecule has 1 aromatic rings. The van der Waals surface area contributed by atoms with Crippen LogP contribution in [0.3, 0.4) is 0 Å². The minimum absolute atomic E-state index is 0.0461. The summed E-state index contributed by atoms with van der Waals surface area (Å²) in [4.78, 5) is 68.3. The van der Waals surface area contributed by atoms with Crippen LogP contribution in [-0.2, 0) is 20.9 Å². The number of allylic oxidation sites excluding steroid dienone is 2. The van der Waals surface area contributed by atoms with Gasteiger partial charge in [-0.05, 0) is 25.2 Å². The number of hydrogen-bond donors (Lipinski definition) is 2. The summed E-state index contributed by atoms with van der Waals surface area (Å²) >= 11 is 0.